The Kier molecular flexibility index (Phi) is 6.19. The molecule has 0 radical (unpaired) electrons. The van der Waals surface area contributed by atoms with Crippen LogP contribution in [0.4, 0.5) is 10.5 Å². The molecule has 7 nitrogen and oxygen atoms in total. The van der Waals surface area contributed by atoms with Crippen LogP contribution >= 0.6 is 0 Å². The third kappa shape index (κ3) is 5.46. The number of carbonyl (C=O) groups is 1. The van der Waals surface area contributed by atoms with Gasteiger partial charge in [0.25, 0.3) is 0 Å². The van der Waals surface area contributed by atoms with Gasteiger partial charge >= 0.3 is 6.03 Å². The fourth-order valence-electron chi connectivity index (χ4n) is 3.31. The lowest BCUT2D eigenvalue weighted by Crippen LogP contribution is -2.39. The smallest absolute Gasteiger partial charge is 0.321 e. The first-order valence-electron chi connectivity index (χ1n) is 9.99. The van der Waals surface area contributed by atoms with Crippen molar-refractivity contribution in [3.8, 4) is 17.7 Å². The monoisotopic (exact) mass is 411 g/mol. The molecule has 0 unspecified atom stereocenters. The average molecular weight is 411 g/mol. The van der Waals surface area contributed by atoms with Crippen molar-refractivity contribution in [1.82, 2.24) is 14.9 Å². The molecule has 3 aromatic rings. The molecule has 1 aliphatic rings. The fraction of sp³-hybridized carbons (Fsp3) is 0.167. The number of nitriles is 1. The highest BCUT2D eigenvalue weighted by molar-refractivity contribution is 5.89. The van der Waals surface area contributed by atoms with Gasteiger partial charge in [-0.2, -0.15) is 5.26 Å². The highest BCUT2D eigenvalue weighted by Crippen LogP contribution is 2.24. The van der Waals surface area contributed by atoms with Gasteiger partial charge in [0, 0.05) is 31.5 Å². The Labute approximate surface area is 180 Å². The van der Waals surface area contributed by atoms with Crippen LogP contribution < -0.4 is 10.1 Å². The predicted octanol–water partition coefficient (Wildman–Crippen LogP) is 4.85. The van der Waals surface area contributed by atoms with Gasteiger partial charge in [0.1, 0.15) is 11.8 Å². The number of anilines is 1. The number of hydrogen-bond donors (Lipinski definition) is 1. The summed E-state index contributed by atoms with van der Waals surface area (Å²) in [6, 6.07) is 16.7. The Morgan fingerprint density at radius 1 is 1.13 bits per heavy atom. The maximum absolute atomic E-state index is 12.4. The van der Waals surface area contributed by atoms with E-state index in [9.17, 15) is 4.79 Å². The van der Waals surface area contributed by atoms with Gasteiger partial charge in [0.05, 0.1) is 17.4 Å². The van der Waals surface area contributed by atoms with Crippen LogP contribution in [0.25, 0.3) is 6.08 Å². The summed E-state index contributed by atoms with van der Waals surface area (Å²) in [5, 5.41) is 11.7. The van der Waals surface area contributed by atoms with Gasteiger partial charge in [0.15, 0.2) is 0 Å². The Morgan fingerprint density at radius 2 is 2.00 bits per heavy atom. The molecule has 1 saturated heterocycles. The summed E-state index contributed by atoms with van der Waals surface area (Å²) in [7, 11) is 0. The first kappa shape index (κ1) is 20.1. The molecular formula is C24H21N5O2. The molecule has 1 aliphatic heterocycles. The number of piperidine rings is 1. The zero-order valence-corrected chi connectivity index (χ0v) is 16.9. The van der Waals surface area contributed by atoms with Crippen LogP contribution in [0, 0.1) is 11.3 Å². The van der Waals surface area contributed by atoms with E-state index in [-0.39, 0.29) is 6.03 Å². The van der Waals surface area contributed by atoms with E-state index in [0.717, 1.165) is 18.4 Å². The minimum Gasteiger partial charge on any atom is -0.439 e. The number of pyridine rings is 2. The number of nitrogens with zero attached hydrogens (tertiary/aromatic N) is 4. The van der Waals surface area contributed by atoms with E-state index in [0.29, 0.717) is 36.0 Å². The molecule has 154 valence electrons. The lowest BCUT2D eigenvalue weighted by Gasteiger charge is -2.28. The maximum Gasteiger partial charge on any atom is 0.321 e. The Bertz CT molecular complexity index is 1110. The van der Waals surface area contributed by atoms with Gasteiger partial charge in [0.2, 0.25) is 5.88 Å². The van der Waals surface area contributed by atoms with E-state index in [1.165, 1.54) is 11.8 Å². The zero-order chi connectivity index (χ0) is 21.5. The molecule has 0 atom stereocenters. The average Bonchev–Trinajstić information content (AvgIpc) is 2.81. The molecule has 0 saturated carbocycles. The van der Waals surface area contributed by atoms with E-state index >= 15 is 0 Å². The van der Waals surface area contributed by atoms with Crippen molar-refractivity contribution in [1.29, 1.82) is 5.26 Å². The molecule has 1 N–H and O–H groups in total. The minimum absolute atomic E-state index is 0.0997. The van der Waals surface area contributed by atoms with E-state index < -0.39 is 0 Å². The zero-order valence-electron chi connectivity index (χ0n) is 16.9. The summed E-state index contributed by atoms with van der Waals surface area (Å²) >= 11 is 0. The molecule has 0 bridgehead atoms. The van der Waals surface area contributed by atoms with E-state index in [4.69, 9.17) is 10.00 Å². The molecule has 2 aromatic heterocycles. The summed E-state index contributed by atoms with van der Waals surface area (Å²) in [6.45, 7) is 1.34. The van der Waals surface area contributed by atoms with Gasteiger partial charge in [-0.25, -0.2) is 9.78 Å². The number of hydrogen-bond acceptors (Lipinski definition) is 5. The summed E-state index contributed by atoms with van der Waals surface area (Å²) in [5.41, 5.74) is 3.52. The molecule has 1 fully saturated rings. The SMILES string of the molecule is N#Cc1ccc(Oc2cccc(C=C3CCN(C(=O)Nc4cccnc4)CC3)c2)nc1. The van der Waals surface area contributed by atoms with E-state index in [2.05, 4.69) is 21.4 Å². The van der Waals surface area contributed by atoms with Crippen LogP contribution in [-0.4, -0.2) is 34.0 Å². The molecule has 0 aliphatic carbocycles. The number of likely N-dealkylation sites (tertiary alicyclic amines) is 1. The third-order valence-electron chi connectivity index (χ3n) is 4.92. The summed E-state index contributed by atoms with van der Waals surface area (Å²) in [6.07, 6.45) is 8.59. The van der Waals surface area contributed by atoms with Crippen LogP contribution in [0.2, 0.25) is 0 Å². The van der Waals surface area contributed by atoms with Gasteiger partial charge in [-0.05, 0) is 48.7 Å². The number of urea groups is 1. The van der Waals surface area contributed by atoms with Crippen LogP contribution in [0.3, 0.4) is 0 Å². The molecular weight excluding hydrogens is 390 g/mol. The molecule has 1 aromatic carbocycles. The highest BCUT2D eigenvalue weighted by atomic mass is 16.5. The van der Waals surface area contributed by atoms with E-state index in [1.54, 1.807) is 30.6 Å². The maximum atomic E-state index is 12.4. The summed E-state index contributed by atoms with van der Waals surface area (Å²) in [4.78, 5) is 22.4. The van der Waals surface area contributed by atoms with Crippen molar-refractivity contribution in [2.45, 2.75) is 12.8 Å². The number of aromatic nitrogens is 2. The largest absolute Gasteiger partial charge is 0.439 e. The van der Waals surface area contributed by atoms with Crippen molar-refractivity contribution in [2.24, 2.45) is 0 Å². The Morgan fingerprint density at radius 3 is 2.71 bits per heavy atom. The molecule has 7 heteroatoms. The van der Waals surface area contributed by atoms with Crippen molar-refractivity contribution >= 4 is 17.8 Å². The van der Waals surface area contributed by atoms with E-state index in [1.807, 2.05) is 41.3 Å². The molecule has 2 amide bonds. The fourth-order valence-corrected chi connectivity index (χ4v) is 3.31. The lowest BCUT2D eigenvalue weighted by molar-refractivity contribution is 0.208. The highest BCUT2D eigenvalue weighted by Gasteiger charge is 2.19. The van der Waals surface area contributed by atoms with Gasteiger partial charge in [-0.3, -0.25) is 4.98 Å². The number of amides is 2. The van der Waals surface area contributed by atoms with Crippen LogP contribution in [-0.2, 0) is 0 Å². The second-order valence-electron chi connectivity index (χ2n) is 7.13. The number of carbonyl (C=O) groups excluding carboxylic acids is 1. The predicted molar refractivity (Wildman–Crippen MR) is 118 cm³/mol. The second-order valence-corrected chi connectivity index (χ2v) is 7.13. The van der Waals surface area contributed by atoms with Gasteiger partial charge < -0.3 is 15.0 Å². The molecule has 31 heavy (non-hydrogen) atoms. The third-order valence-corrected chi connectivity index (χ3v) is 4.92. The van der Waals surface area contributed by atoms with Crippen LogP contribution in [0.15, 0.2) is 72.7 Å². The van der Waals surface area contributed by atoms with Crippen molar-refractivity contribution in [2.75, 3.05) is 18.4 Å². The lowest BCUT2D eigenvalue weighted by atomic mass is 10.0. The number of benzene rings is 1. The van der Waals surface area contributed by atoms with Gasteiger partial charge in [-0.15, -0.1) is 0 Å². The standard InChI is InChI=1S/C24H21N5O2/c25-15-20-6-7-23(27-16-20)31-22-5-1-3-19(14-22)13-18-8-11-29(12-9-18)24(30)28-21-4-2-10-26-17-21/h1-7,10,13-14,16-17H,8-9,11-12H2,(H,28,30). The molecule has 0 spiro atoms. The number of ether oxygens (including phenoxy) is 1. The molecule has 4 rings (SSSR count). The van der Waals surface area contributed by atoms with Crippen LogP contribution in [0.1, 0.15) is 24.0 Å². The van der Waals surface area contributed by atoms with Crippen molar-refractivity contribution in [3.05, 3.63) is 83.8 Å². The topological polar surface area (TPSA) is 91.1 Å². The Hall–Kier alpha value is -4.18. The first-order valence-corrected chi connectivity index (χ1v) is 9.99. The Balaban J connectivity index is 1.35. The molecule has 3 heterocycles. The van der Waals surface area contributed by atoms with Crippen molar-refractivity contribution < 1.29 is 9.53 Å². The number of rotatable bonds is 4. The summed E-state index contributed by atoms with van der Waals surface area (Å²) in [5.74, 6) is 1.12. The normalized spacial score (nSPS) is 13.3. The summed E-state index contributed by atoms with van der Waals surface area (Å²) < 4.78 is 5.80. The first-order chi connectivity index (χ1) is 15.2. The van der Waals surface area contributed by atoms with Gasteiger partial charge in [-0.1, -0.05) is 23.8 Å². The van der Waals surface area contributed by atoms with Crippen LogP contribution in [0.5, 0.6) is 11.6 Å². The number of nitrogens with one attached hydrogen (secondary N) is 1. The second kappa shape index (κ2) is 9.55. The minimum atomic E-state index is -0.0997. The van der Waals surface area contributed by atoms with Crippen molar-refractivity contribution in [3.63, 3.8) is 0 Å². The quantitative estimate of drug-likeness (QED) is 0.662.